The molecule has 18 heavy (non-hydrogen) atoms. The Balaban J connectivity index is 1.89. The minimum absolute atomic E-state index is 0.136. The highest BCUT2D eigenvalue weighted by atomic mass is 32.1. The molecule has 0 unspecified atom stereocenters. The molecular weight excluding hydrogens is 248 g/mol. The quantitative estimate of drug-likeness (QED) is 0.785. The van der Waals surface area contributed by atoms with Gasteiger partial charge in [-0.15, -0.1) is 11.3 Å². The number of hydrogen-bond donors (Lipinski definition) is 2. The Morgan fingerprint density at radius 2 is 2.11 bits per heavy atom. The van der Waals surface area contributed by atoms with Crippen LogP contribution in [-0.4, -0.2) is 22.6 Å². The summed E-state index contributed by atoms with van der Waals surface area (Å²) in [7, 11) is 0. The minimum Gasteiger partial charge on any atom is -0.481 e. The zero-order valence-corrected chi connectivity index (χ0v) is 10.6. The second-order valence-corrected chi connectivity index (χ2v) is 4.76. The van der Waals surface area contributed by atoms with Crippen molar-refractivity contribution < 1.29 is 9.90 Å². The molecule has 0 aliphatic heterocycles. The van der Waals surface area contributed by atoms with E-state index in [9.17, 15) is 4.79 Å². The van der Waals surface area contributed by atoms with E-state index in [2.05, 4.69) is 10.3 Å². The molecule has 0 radical (unpaired) electrons. The average Bonchev–Trinajstić information content (AvgIpc) is 2.84. The van der Waals surface area contributed by atoms with E-state index in [-0.39, 0.29) is 6.42 Å². The summed E-state index contributed by atoms with van der Waals surface area (Å²) in [6.07, 6.45) is 0.136. The van der Waals surface area contributed by atoms with Gasteiger partial charge >= 0.3 is 5.97 Å². The summed E-state index contributed by atoms with van der Waals surface area (Å²) in [5.74, 6) is -0.786. The van der Waals surface area contributed by atoms with Gasteiger partial charge in [0.05, 0.1) is 12.1 Å². The summed E-state index contributed by atoms with van der Waals surface area (Å²) in [6.45, 7) is 1.08. The number of aliphatic carboxylic acids is 1. The van der Waals surface area contributed by atoms with Gasteiger partial charge in [0.25, 0.3) is 0 Å². The Morgan fingerprint density at radius 3 is 2.83 bits per heavy atom. The first-order valence-corrected chi connectivity index (χ1v) is 6.56. The van der Waals surface area contributed by atoms with Crippen molar-refractivity contribution in [1.29, 1.82) is 0 Å². The maximum absolute atomic E-state index is 10.3. The van der Waals surface area contributed by atoms with Crippen molar-refractivity contribution in [2.45, 2.75) is 13.0 Å². The summed E-state index contributed by atoms with van der Waals surface area (Å²) in [6, 6.07) is 10.00. The van der Waals surface area contributed by atoms with Gasteiger partial charge in [-0.05, 0) is 0 Å². The van der Waals surface area contributed by atoms with Crippen LogP contribution in [0.15, 0.2) is 35.7 Å². The Morgan fingerprint density at radius 1 is 1.33 bits per heavy atom. The van der Waals surface area contributed by atoms with Gasteiger partial charge in [0.1, 0.15) is 5.01 Å². The van der Waals surface area contributed by atoms with E-state index in [1.165, 1.54) is 0 Å². The third-order valence-electron chi connectivity index (χ3n) is 2.41. The standard InChI is InChI=1S/C13H14N2O2S/c16-13(17)6-7-14-8-12-15-11(9-18-12)10-4-2-1-3-5-10/h1-5,9,14H,6-8H2,(H,16,17). The van der Waals surface area contributed by atoms with Crippen LogP contribution in [0, 0.1) is 0 Å². The average molecular weight is 262 g/mol. The summed E-state index contributed by atoms with van der Waals surface area (Å²) in [4.78, 5) is 14.9. The molecule has 0 amide bonds. The van der Waals surface area contributed by atoms with Crippen molar-refractivity contribution in [2.24, 2.45) is 0 Å². The second kappa shape index (κ2) is 6.28. The Hall–Kier alpha value is -1.72. The molecule has 4 nitrogen and oxygen atoms in total. The molecule has 0 saturated carbocycles. The molecule has 2 N–H and O–H groups in total. The van der Waals surface area contributed by atoms with E-state index in [1.807, 2.05) is 35.7 Å². The van der Waals surface area contributed by atoms with Crippen LogP contribution in [0.2, 0.25) is 0 Å². The molecular formula is C13H14N2O2S. The van der Waals surface area contributed by atoms with Gasteiger partial charge in [0.15, 0.2) is 0 Å². The van der Waals surface area contributed by atoms with Crippen LogP contribution in [0.3, 0.4) is 0 Å². The maximum atomic E-state index is 10.3. The molecule has 2 rings (SSSR count). The molecule has 0 spiro atoms. The number of carbonyl (C=O) groups is 1. The Labute approximate surface area is 109 Å². The fraction of sp³-hybridized carbons (Fsp3) is 0.231. The Bertz CT molecular complexity index is 511. The topological polar surface area (TPSA) is 62.2 Å². The van der Waals surface area contributed by atoms with Gasteiger partial charge in [-0.25, -0.2) is 4.98 Å². The van der Waals surface area contributed by atoms with E-state index in [0.29, 0.717) is 13.1 Å². The molecule has 1 aromatic heterocycles. The molecule has 0 atom stereocenters. The lowest BCUT2D eigenvalue weighted by Crippen LogP contribution is -2.17. The molecule has 5 heteroatoms. The minimum atomic E-state index is -0.786. The lowest BCUT2D eigenvalue weighted by molar-refractivity contribution is -0.136. The van der Waals surface area contributed by atoms with Crippen LogP contribution in [0.1, 0.15) is 11.4 Å². The number of aromatic nitrogens is 1. The highest BCUT2D eigenvalue weighted by molar-refractivity contribution is 7.09. The molecule has 0 aliphatic carbocycles. The van der Waals surface area contributed by atoms with Crippen LogP contribution in [0.25, 0.3) is 11.3 Å². The number of rotatable bonds is 6. The molecule has 0 saturated heterocycles. The number of hydrogen-bond acceptors (Lipinski definition) is 4. The van der Waals surface area contributed by atoms with E-state index in [4.69, 9.17) is 5.11 Å². The van der Waals surface area contributed by atoms with Crippen molar-refractivity contribution in [2.75, 3.05) is 6.54 Å². The molecule has 94 valence electrons. The van der Waals surface area contributed by atoms with E-state index in [1.54, 1.807) is 11.3 Å². The van der Waals surface area contributed by atoms with Gasteiger partial charge in [0.2, 0.25) is 0 Å². The first kappa shape index (κ1) is 12.7. The summed E-state index contributed by atoms with van der Waals surface area (Å²) in [5, 5.41) is 14.6. The summed E-state index contributed by atoms with van der Waals surface area (Å²) >= 11 is 1.58. The Kier molecular flexibility index (Phi) is 4.44. The number of carboxylic acid groups (broad SMARTS) is 1. The molecule has 2 aromatic rings. The SMILES string of the molecule is O=C(O)CCNCc1nc(-c2ccccc2)cs1. The molecule has 0 bridgehead atoms. The highest BCUT2D eigenvalue weighted by Gasteiger charge is 2.04. The number of benzene rings is 1. The fourth-order valence-corrected chi connectivity index (χ4v) is 2.30. The first-order chi connectivity index (χ1) is 8.75. The van der Waals surface area contributed by atoms with Crippen LogP contribution < -0.4 is 5.32 Å². The number of nitrogens with one attached hydrogen (secondary N) is 1. The van der Waals surface area contributed by atoms with Gasteiger partial charge in [-0.2, -0.15) is 0 Å². The van der Waals surface area contributed by atoms with E-state index >= 15 is 0 Å². The molecule has 0 aliphatic rings. The second-order valence-electron chi connectivity index (χ2n) is 3.81. The van der Waals surface area contributed by atoms with Crippen molar-refractivity contribution >= 4 is 17.3 Å². The zero-order valence-electron chi connectivity index (χ0n) is 9.80. The maximum Gasteiger partial charge on any atom is 0.304 e. The largest absolute Gasteiger partial charge is 0.481 e. The fourth-order valence-electron chi connectivity index (χ4n) is 1.52. The van der Waals surface area contributed by atoms with E-state index in [0.717, 1.165) is 16.3 Å². The van der Waals surface area contributed by atoms with Gasteiger partial charge < -0.3 is 10.4 Å². The summed E-state index contributed by atoms with van der Waals surface area (Å²) < 4.78 is 0. The third kappa shape index (κ3) is 3.65. The summed E-state index contributed by atoms with van der Waals surface area (Å²) in [5.41, 5.74) is 2.07. The third-order valence-corrected chi connectivity index (χ3v) is 3.26. The van der Waals surface area contributed by atoms with Crippen molar-refractivity contribution in [3.63, 3.8) is 0 Å². The first-order valence-electron chi connectivity index (χ1n) is 5.68. The molecule has 0 fully saturated rings. The molecule has 1 aromatic carbocycles. The van der Waals surface area contributed by atoms with Gasteiger partial charge in [-0.3, -0.25) is 4.79 Å². The number of nitrogens with zero attached hydrogens (tertiary/aromatic N) is 1. The smallest absolute Gasteiger partial charge is 0.304 e. The van der Waals surface area contributed by atoms with Gasteiger partial charge in [-0.1, -0.05) is 30.3 Å². The predicted octanol–water partition coefficient (Wildman–Crippen LogP) is 2.37. The van der Waals surface area contributed by atoms with Gasteiger partial charge in [0, 0.05) is 24.0 Å². The number of carboxylic acids is 1. The van der Waals surface area contributed by atoms with Crippen LogP contribution in [0.5, 0.6) is 0 Å². The van der Waals surface area contributed by atoms with Crippen LogP contribution >= 0.6 is 11.3 Å². The highest BCUT2D eigenvalue weighted by Crippen LogP contribution is 2.21. The monoisotopic (exact) mass is 262 g/mol. The van der Waals surface area contributed by atoms with Crippen LogP contribution in [0.4, 0.5) is 0 Å². The van der Waals surface area contributed by atoms with Crippen LogP contribution in [-0.2, 0) is 11.3 Å². The number of thiazole rings is 1. The predicted molar refractivity (Wildman–Crippen MR) is 71.5 cm³/mol. The lowest BCUT2D eigenvalue weighted by Gasteiger charge is -1.99. The van der Waals surface area contributed by atoms with E-state index < -0.39 is 5.97 Å². The van der Waals surface area contributed by atoms with Crippen molar-refractivity contribution in [1.82, 2.24) is 10.3 Å². The molecule has 1 heterocycles. The lowest BCUT2D eigenvalue weighted by atomic mass is 10.2. The zero-order chi connectivity index (χ0) is 12.8. The van der Waals surface area contributed by atoms with Crippen molar-refractivity contribution in [3.8, 4) is 11.3 Å². The normalized spacial score (nSPS) is 10.4. The van der Waals surface area contributed by atoms with Crippen molar-refractivity contribution in [3.05, 3.63) is 40.7 Å².